The molecule has 0 radical (unpaired) electrons. The third-order valence-electron chi connectivity index (χ3n) is 2.61. The van der Waals surface area contributed by atoms with Gasteiger partial charge in [-0.15, -0.1) is 0 Å². The van der Waals surface area contributed by atoms with Gasteiger partial charge in [0, 0.05) is 22.4 Å². The molecular formula is C13H15Cl2NO3. The molecule has 1 aromatic carbocycles. The van der Waals surface area contributed by atoms with E-state index in [2.05, 4.69) is 5.32 Å². The van der Waals surface area contributed by atoms with Gasteiger partial charge >= 0.3 is 5.97 Å². The van der Waals surface area contributed by atoms with E-state index >= 15 is 0 Å². The zero-order valence-corrected chi connectivity index (χ0v) is 12.1. The number of carboxylic acid groups (broad SMARTS) is 1. The Kier molecular flexibility index (Phi) is 5.63. The van der Waals surface area contributed by atoms with Crippen molar-refractivity contribution in [2.75, 3.05) is 0 Å². The predicted molar refractivity (Wildman–Crippen MR) is 74.6 cm³/mol. The van der Waals surface area contributed by atoms with E-state index in [4.69, 9.17) is 28.3 Å². The average molecular weight is 304 g/mol. The van der Waals surface area contributed by atoms with Gasteiger partial charge in [-0.1, -0.05) is 43.1 Å². The number of carboxylic acids is 1. The number of aliphatic carboxylic acids is 1. The number of hydrogen-bond acceptors (Lipinski definition) is 2. The highest BCUT2D eigenvalue weighted by Crippen LogP contribution is 2.25. The Labute approximate surface area is 121 Å². The van der Waals surface area contributed by atoms with Crippen LogP contribution in [0.4, 0.5) is 0 Å². The Morgan fingerprint density at radius 2 is 1.79 bits per heavy atom. The van der Waals surface area contributed by atoms with Crippen molar-refractivity contribution in [2.24, 2.45) is 5.92 Å². The zero-order chi connectivity index (χ0) is 14.6. The normalized spacial score (nSPS) is 12.3. The molecule has 4 nitrogen and oxygen atoms in total. The highest BCUT2D eigenvalue weighted by molar-refractivity contribution is 6.36. The quantitative estimate of drug-likeness (QED) is 0.879. The monoisotopic (exact) mass is 303 g/mol. The molecule has 1 atom stereocenters. The molecule has 0 aliphatic heterocycles. The fourth-order valence-corrected chi connectivity index (χ4v) is 2.02. The van der Waals surface area contributed by atoms with E-state index in [0.29, 0.717) is 15.6 Å². The van der Waals surface area contributed by atoms with Crippen LogP contribution in [0.25, 0.3) is 0 Å². The molecule has 1 rings (SSSR count). The van der Waals surface area contributed by atoms with Crippen molar-refractivity contribution >= 4 is 35.1 Å². The lowest BCUT2D eigenvalue weighted by atomic mass is 10.0. The van der Waals surface area contributed by atoms with Crippen LogP contribution in [-0.4, -0.2) is 23.0 Å². The summed E-state index contributed by atoms with van der Waals surface area (Å²) < 4.78 is 0. The molecule has 0 bridgehead atoms. The van der Waals surface area contributed by atoms with Crippen molar-refractivity contribution in [1.29, 1.82) is 0 Å². The maximum atomic E-state index is 11.6. The van der Waals surface area contributed by atoms with Crippen LogP contribution in [0, 0.1) is 5.92 Å². The van der Waals surface area contributed by atoms with Gasteiger partial charge in [0.25, 0.3) is 0 Å². The van der Waals surface area contributed by atoms with E-state index in [1.165, 1.54) is 0 Å². The van der Waals surface area contributed by atoms with E-state index in [-0.39, 0.29) is 18.2 Å². The molecule has 1 amide bonds. The van der Waals surface area contributed by atoms with Crippen LogP contribution in [0.15, 0.2) is 18.2 Å². The molecule has 0 aromatic heterocycles. The van der Waals surface area contributed by atoms with Gasteiger partial charge in [-0.3, -0.25) is 4.79 Å². The minimum Gasteiger partial charge on any atom is -0.480 e. The Morgan fingerprint density at radius 1 is 1.26 bits per heavy atom. The lowest BCUT2D eigenvalue weighted by Gasteiger charge is -2.17. The number of amides is 1. The smallest absolute Gasteiger partial charge is 0.326 e. The Hall–Kier alpha value is -1.26. The van der Waals surface area contributed by atoms with Gasteiger partial charge in [0.05, 0.1) is 0 Å². The molecule has 0 aliphatic carbocycles. The molecule has 1 aromatic rings. The maximum absolute atomic E-state index is 11.6. The van der Waals surface area contributed by atoms with Gasteiger partial charge in [0.2, 0.25) is 5.91 Å². The van der Waals surface area contributed by atoms with E-state index in [9.17, 15) is 9.59 Å². The molecule has 6 heteroatoms. The third-order valence-corrected chi connectivity index (χ3v) is 3.32. The molecule has 0 aliphatic rings. The number of halogens is 2. The number of rotatable bonds is 5. The minimum absolute atomic E-state index is 0.0479. The van der Waals surface area contributed by atoms with Gasteiger partial charge < -0.3 is 10.4 Å². The van der Waals surface area contributed by atoms with Crippen LogP contribution in [0.1, 0.15) is 19.4 Å². The van der Waals surface area contributed by atoms with E-state index in [0.717, 1.165) is 0 Å². The molecule has 0 fully saturated rings. The summed E-state index contributed by atoms with van der Waals surface area (Å²) in [5.41, 5.74) is 0.516. The highest BCUT2D eigenvalue weighted by atomic mass is 35.5. The zero-order valence-electron chi connectivity index (χ0n) is 10.6. The summed E-state index contributed by atoms with van der Waals surface area (Å²) in [6, 6.07) is 3.89. The van der Waals surface area contributed by atoms with E-state index in [1.54, 1.807) is 32.0 Å². The first-order valence-electron chi connectivity index (χ1n) is 5.79. The maximum Gasteiger partial charge on any atom is 0.326 e. The fraction of sp³-hybridized carbons (Fsp3) is 0.385. The van der Waals surface area contributed by atoms with Crippen LogP contribution in [0.2, 0.25) is 10.0 Å². The SMILES string of the molecule is CC(C)C(=O)N[C@H](Cc1c(Cl)cccc1Cl)C(=O)O. The molecule has 104 valence electrons. The van der Waals surface area contributed by atoms with Crippen molar-refractivity contribution in [3.8, 4) is 0 Å². The molecule has 0 unspecified atom stereocenters. The largest absolute Gasteiger partial charge is 0.480 e. The predicted octanol–water partition coefficient (Wildman–Crippen LogP) is 2.76. The third kappa shape index (κ3) is 4.40. The van der Waals surface area contributed by atoms with Crippen molar-refractivity contribution in [1.82, 2.24) is 5.32 Å². The van der Waals surface area contributed by atoms with Crippen LogP contribution in [0.3, 0.4) is 0 Å². The topological polar surface area (TPSA) is 66.4 Å². The first-order chi connectivity index (χ1) is 8.82. The van der Waals surface area contributed by atoms with Crippen LogP contribution in [-0.2, 0) is 16.0 Å². The Bertz CT molecular complexity index is 469. The van der Waals surface area contributed by atoms with Crippen LogP contribution >= 0.6 is 23.2 Å². The van der Waals surface area contributed by atoms with Crippen molar-refractivity contribution < 1.29 is 14.7 Å². The molecule has 2 N–H and O–H groups in total. The standard InChI is InChI=1S/C13H15Cl2NO3/c1-7(2)12(17)16-11(13(18)19)6-8-9(14)4-3-5-10(8)15/h3-5,7,11H,6H2,1-2H3,(H,16,17)(H,18,19)/t11-/m1/s1. The molecule has 19 heavy (non-hydrogen) atoms. The van der Waals surface area contributed by atoms with Gasteiger partial charge in [-0.25, -0.2) is 4.79 Å². The first kappa shape index (κ1) is 15.8. The Morgan fingerprint density at radius 3 is 2.21 bits per heavy atom. The van der Waals surface area contributed by atoms with Crippen molar-refractivity contribution in [2.45, 2.75) is 26.3 Å². The lowest BCUT2D eigenvalue weighted by molar-refractivity contribution is -0.142. The number of hydrogen-bond donors (Lipinski definition) is 2. The second-order valence-corrected chi connectivity index (χ2v) is 5.27. The molecular weight excluding hydrogens is 289 g/mol. The van der Waals surface area contributed by atoms with Gasteiger partial charge in [0.15, 0.2) is 0 Å². The number of carbonyl (C=O) groups is 2. The molecule has 0 spiro atoms. The van der Waals surface area contributed by atoms with Crippen molar-refractivity contribution in [3.63, 3.8) is 0 Å². The molecule has 0 saturated carbocycles. The number of carbonyl (C=O) groups excluding carboxylic acids is 1. The summed E-state index contributed by atoms with van der Waals surface area (Å²) in [6.45, 7) is 3.38. The van der Waals surface area contributed by atoms with Crippen LogP contribution in [0.5, 0.6) is 0 Å². The summed E-state index contributed by atoms with van der Waals surface area (Å²) in [5.74, 6) is -1.73. The summed E-state index contributed by atoms with van der Waals surface area (Å²) in [5, 5.41) is 12.4. The lowest BCUT2D eigenvalue weighted by Crippen LogP contribution is -2.44. The summed E-state index contributed by atoms with van der Waals surface area (Å²) in [4.78, 5) is 22.8. The molecule has 0 saturated heterocycles. The second-order valence-electron chi connectivity index (χ2n) is 4.46. The minimum atomic E-state index is -1.12. The number of nitrogens with one attached hydrogen (secondary N) is 1. The van der Waals surface area contributed by atoms with E-state index in [1.807, 2.05) is 0 Å². The second kappa shape index (κ2) is 6.78. The first-order valence-corrected chi connectivity index (χ1v) is 6.54. The summed E-state index contributed by atoms with van der Waals surface area (Å²) >= 11 is 12.0. The van der Waals surface area contributed by atoms with Gasteiger partial charge in [-0.05, 0) is 17.7 Å². The van der Waals surface area contributed by atoms with Gasteiger partial charge in [0.1, 0.15) is 6.04 Å². The van der Waals surface area contributed by atoms with Gasteiger partial charge in [-0.2, -0.15) is 0 Å². The summed E-state index contributed by atoms with van der Waals surface area (Å²) in [6.07, 6.45) is 0.0479. The van der Waals surface area contributed by atoms with E-state index < -0.39 is 12.0 Å². The average Bonchev–Trinajstić information content (AvgIpc) is 2.31. The summed E-state index contributed by atoms with van der Waals surface area (Å²) in [7, 11) is 0. The van der Waals surface area contributed by atoms with Crippen molar-refractivity contribution in [3.05, 3.63) is 33.8 Å². The highest BCUT2D eigenvalue weighted by Gasteiger charge is 2.23. The Balaban J connectivity index is 2.91. The number of benzene rings is 1. The van der Waals surface area contributed by atoms with Crippen LogP contribution < -0.4 is 5.32 Å². The molecule has 0 heterocycles. The fourth-order valence-electron chi connectivity index (χ4n) is 1.47.